The molecule has 0 radical (unpaired) electrons. The number of rotatable bonds is 4. The van der Waals surface area contributed by atoms with Crippen LogP contribution in [0, 0.1) is 0 Å². The number of aromatic nitrogens is 1. The fraction of sp³-hybridized carbons (Fsp3) is 0.750. The molecule has 1 aliphatic heterocycles. The van der Waals surface area contributed by atoms with Crippen molar-refractivity contribution in [2.75, 3.05) is 26.3 Å². The lowest BCUT2D eigenvalue weighted by molar-refractivity contribution is -0.131. The molecule has 2 heterocycles. The maximum atomic E-state index is 12.7. The average molecular weight is 310 g/mol. The van der Waals surface area contributed by atoms with Crippen molar-refractivity contribution in [1.82, 2.24) is 9.88 Å². The second-order valence-corrected chi connectivity index (χ2v) is 8.08. The van der Waals surface area contributed by atoms with Crippen molar-refractivity contribution < 1.29 is 9.53 Å². The van der Waals surface area contributed by atoms with Gasteiger partial charge < -0.3 is 4.74 Å². The van der Waals surface area contributed by atoms with E-state index in [0.717, 1.165) is 23.8 Å². The Hall–Kier alpha value is -0.780. The Bertz CT molecular complexity index is 497. The fourth-order valence-corrected chi connectivity index (χ4v) is 3.41. The number of carbonyl (C=O) groups excluding carboxylic acids is 1. The third-order valence-corrected chi connectivity index (χ3v) is 4.96. The van der Waals surface area contributed by atoms with E-state index in [1.165, 1.54) is 0 Å². The van der Waals surface area contributed by atoms with Gasteiger partial charge in [-0.1, -0.05) is 20.8 Å². The van der Waals surface area contributed by atoms with Crippen molar-refractivity contribution in [3.05, 3.63) is 16.1 Å². The number of Topliss-reactive ketones (excluding diaryl/α,β-unsaturated/α-hetero) is 1. The summed E-state index contributed by atoms with van der Waals surface area (Å²) in [5.74, 6) is 0.235. The first kappa shape index (κ1) is 16.6. The molecule has 5 heteroatoms. The van der Waals surface area contributed by atoms with E-state index in [1.54, 1.807) is 11.3 Å². The van der Waals surface area contributed by atoms with Crippen molar-refractivity contribution in [2.24, 2.45) is 0 Å². The van der Waals surface area contributed by atoms with Crippen LogP contribution >= 0.6 is 11.3 Å². The summed E-state index contributed by atoms with van der Waals surface area (Å²) in [5.41, 5.74) is 0.661. The second kappa shape index (κ2) is 6.15. The van der Waals surface area contributed by atoms with Crippen LogP contribution in [0.4, 0.5) is 0 Å². The summed E-state index contributed by atoms with van der Waals surface area (Å²) >= 11 is 1.59. The zero-order chi connectivity index (χ0) is 15.7. The van der Waals surface area contributed by atoms with E-state index in [0.29, 0.717) is 19.6 Å². The molecule has 0 saturated carbocycles. The van der Waals surface area contributed by atoms with Gasteiger partial charge in [0.05, 0.1) is 30.9 Å². The molecule has 0 unspecified atom stereocenters. The van der Waals surface area contributed by atoms with Crippen molar-refractivity contribution >= 4 is 17.1 Å². The average Bonchev–Trinajstić information content (AvgIpc) is 2.88. The van der Waals surface area contributed by atoms with Gasteiger partial charge in [0, 0.05) is 23.9 Å². The largest absolute Gasteiger partial charge is 0.379 e. The number of ketones is 1. The van der Waals surface area contributed by atoms with Crippen molar-refractivity contribution in [1.29, 1.82) is 0 Å². The summed E-state index contributed by atoms with van der Waals surface area (Å²) < 4.78 is 5.37. The van der Waals surface area contributed by atoms with E-state index in [4.69, 9.17) is 4.74 Å². The first-order valence-corrected chi connectivity index (χ1v) is 8.40. The zero-order valence-electron chi connectivity index (χ0n) is 13.7. The van der Waals surface area contributed by atoms with Gasteiger partial charge in [-0.3, -0.25) is 9.69 Å². The van der Waals surface area contributed by atoms with E-state index < -0.39 is 5.54 Å². The summed E-state index contributed by atoms with van der Waals surface area (Å²) in [6.07, 6.45) is 0.422. The van der Waals surface area contributed by atoms with Gasteiger partial charge in [-0.25, -0.2) is 4.98 Å². The van der Waals surface area contributed by atoms with Crippen LogP contribution in [0.1, 0.15) is 45.3 Å². The third-order valence-electron chi connectivity index (χ3n) is 4.12. The SMILES string of the molecule is CC(C)(C)c1csc(CC(=O)C(C)(C)N2CCOCC2)n1. The molecule has 0 spiro atoms. The topological polar surface area (TPSA) is 42.4 Å². The Morgan fingerprint density at radius 3 is 2.43 bits per heavy atom. The van der Waals surface area contributed by atoms with E-state index in [1.807, 2.05) is 13.8 Å². The van der Waals surface area contributed by atoms with Gasteiger partial charge >= 0.3 is 0 Å². The van der Waals surface area contributed by atoms with Crippen LogP contribution in [0.5, 0.6) is 0 Å². The van der Waals surface area contributed by atoms with E-state index >= 15 is 0 Å². The molecular weight excluding hydrogens is 284 g/mol. The highest BCUT2D eigenvalue weighted by atomic mass is 32.1. The standard InChI is InChI=1S/C16H26N2O2S/c1-15(2,3)12-11-21-14(17-12)10-13(19)16(4,5)18-6-8-20-9-7-18/h11H,6-10H2,1-5H3. The highest BCUT2D eigenvalue weighted by molar-refractivity contribution is 7.09. The molecule has 0 atom stereocenters. The van der Waals surface area contributed by atoms with Gasteiger partial charge in [0.15, 0.2) is 5.78 Å². The lowest BCUT2D eigenvalue weighted by atomic mass is 9.93. The smallest absolute Gasteiger partial charge is 0.159 e. The minimum Gasteiger partial charge on any atom is -0.379 e. The maximum Gasteiger partial charge on any atom is 0.159 e. The fourth-order valence-electron chi connectivity index (χ4n) is 2.39. The molecule has 0 bridgehead atoms. The molecular formula is C16H26N2O2S. The molecule has 2 rings (SSSR count). The first-order valence-electron chi connectivity index (χ1n) is 7.52. The van der Waals surface area contributed by atoms with Gasteiger partial charge in [0.1, 0.15) is 5.01 Å². The second-order valence-electron chi connectivity index (χ2n) is 7.13. The lowest BCUT2D eigenvalue weighted by Crippen LogP contribution is -2.54. The summed E-state index contributed by atoms with van der Waals surface area (Å²) in [6.45, 7) is 13.5. The molecule has 1 aromatic rings. The van der Waals surface area contributed by atoms with E-state index in [2.05, 4.69) is 36.0 Å². The summed E-state index contributed by atoms with van der Waals surface area (Å²) in [4.78, 5) is 19.5. The normalized spacial score (nSPS) is 18.0. The Labute approximate surface area is 131 Å². The van der Waals surface area contributed by atoms with E-state index in [9.17, 15) is 4.79 Å². The number of ether oxygens (including phenoxy) is 1. The van der Waals surface area contributed by atoms with Crippen molar-refractivity contribution in [3.63, 3.8) is 0 Å². The molecule has 4 nitrogen and oxygen atoms in total. The summed E-state index contributed by atoms with van der Waals surface area (Å²) in [7, 11) is 0. The van der Waals surface area contributed by atoms with Crippen molar-refractivity contribution in [3.8, 4) is 0 Å². The number of nitrogens with zero attached hydrogens (tertiary/aromatic N) is 2. The first-order chi connectivity index (χ1) is 9.71. The van der Waals surface area contributed by atoms with Crippen LogP contribution in [0.2, 0.25) is 0 Å². The quantitative estimate of drug-likeness (QED) is 0.857. The molecule has 1 aromatic heterocycles. The van der Waals surface area contributed by atoms with Crippen LogP contribution in [-0.4, -0.2) is 47.5 Å². The van der Waals surface area contributed by atoms with Crippen LogP contribution in [0.15, 0.2) is 5.38 Å². The Kier molecular flexibility index (Phi) is 4.85. The van der Waals surface area contributed by atoms with Gasteiger partial charge in [-0.2, -0.15) is 0 Å². The molecule has 1 fully saturated rings. The van der Waals surface area contributed by atoms with Crippen molar-refractivity contribution in [2.45, 2.75) is 52.0 Å². The molecule has 118 valence electrons. The van der Waals surface area contributed by atoms with Gasteiger partial charge in [0.25, 0.3) is 0 Å². The molecule has 0 aromatic carbocycles. The van der Waals surface area contributed by atoms with Gasteiger partial charge in [0.2, 0.25) is 0 Å². The minimum atomic E-state index is -0.447. The maximum absolute atomic E-state index is 12.7. The number of hydrogen-bond donors (Lipinski definition) is 0. The summed E-state index contributed by atoms with van der Waals surface area (Å²) in [5, 5.41) is 3.00. The Balaban J connectivity index is 2.04. The summed E-state index contributed by atoms with van der Waals surface area (Å²) in [6, 6.07) is 0. The number of carbonyl (C=O) groups is 1. The Morgan fingerprint density at radius 1 is 1.29 bits per heavy atom. The molecule has 21 heavy (non-hydrogen) atoms. The van der Waals surface area contributed by atoms with Crippen LogP contribution in [0.25, 0.3) is 0 Å². The highest BCUT2D eigenvalue weighted by Gasteiger charge is 2.35. The minimum absolute atomic E-state index is 0.0392. The van der Waals surface area contributed by atoms with Gasteiger partial charge in [-0.15, -0.1) is 11.3 Å². The molecule has 1 aliphatic rings. The molecule has 1 saturated heterocycles. The highest BCUT2D eigenvalue weighted by Crippen LogP contribution is 2.26. The van der Waals surface area contributed by atoms with Crippen LogP contribution < -0.4 is 0 Å². The predicted octanol–water partition coefficient (Wildman–Crippen LogP) is 2.66. The van der Waals surface area contributed by atoms with Gasteiger partial charge in [-0.05, 0) is 13.8 Å². The van der Waals surface area contributed by atoms with E-state index in [-0.39, 0.29) is 11.2 Å². The third kappa shape index (κ3) is 3.90. The number of morpholine rings is 1. The molecule has 0 N–H and O–H groups in total. The zero-order valence-corrected chi connectivity index (χ0v) is 14.5. The van der Waals surface area contributed by atoms with Crippen LogP contribution in [0.3, 0.4) is 0 Å². The lowest BCUT2D eigenvalue weighted by Gasteiger charge is -2.39. The van der Waals surface area contributed by atoms with Crippen LogP contribution in [-0.2, 0) is 21.4 Å². The Morgan fingerprint density at radius 2 is 1.90 bits per heavy atom. The number of thiazole rings is 1. The number of hydrogen-bond acceptors (Lipinski definition) is 5. The molecule has 0 aliphatic carbocycles. The predicted molar refractivity (Wildman–Crippen MR) is 86.0 cm³/mol. The monoisotopic (exact) mass is 310 g/mol. The molecule has 0 amide bonds.